The number of hydrogen-bond acceptors (Lipinski definition) is 2. The average molecular weight is 328 g/mol. The van der Waals surface area contributed by atoms with Crippen LogP contribution in [0.3, 0.4) is 0 Å². The molecule has 8 heteroatoms. The molecule has 0 saturated heterocycles. The molecule has 0 spiro atoms. The summed E-state index contributed by atoms with van der Waals surface area (Å²) in [6.07, 6.45) is -9.19. The molecule has 1 rings (SSSR count). The first-order valence-electron chi connectivity index (χ1n) is 6.01. The van der Waals surface area contributed by atoms with Crippen molar-refractivity contribution in [3.05, 3.63) is 41.5 Å². The van der Waals surface area contributed by atoms with Crippen LogP contribution < -0.4 is 0 Å². The molecule has 2 unspecified atom stereocenters. The highest BCUT2D eigenvalue weighted by Crippen LogP contribution is 2.43. The van der Waals surface area contributed by atoms with Crippen LogP contribution in [0.15, 0.2) is 24.8 Å². The molecule has 22 heavy (non-hydrogen) atoms. The normalized spacial score (nSPS) is 18.5. The second-order valence-corrected chi connectivity index (χ2v) is 5.19. The van der Waals surface area contributed by atoms with Crippen molar-refractivity contribution in [3.8, 4) is 0 Å². The van der Waals surface area contributed by atoms with Crippen molar-refractivity contribution in [2.45, 2.75) is 37.4 Å². The summed E-state index contributed by atoms with van der Waals surface area (Å²) in [6.45, 7) is 4.11. The predicted molar refractivity (Wildman–Crippen MR) is 67.8 cm³/mol. The number of aliphatic hydroxyl groups is 2. The second-order valence-electron chi connectivity index (χ2n) is 5.19. The highest BCUT2D eigenvalue weighted by Gasteiger charge is 2.54. The van der Waals surface area contributed by atoms with Crippen molar-refractivity contribution < 1.29 is 36.6 Å². The number of rotatable bonds is 3. The minimum absolute atomic E-state index is 0.0958. The van der Waals surface area contributed by atoms with Gasteiger partial charge in [0.05, 0.1) is 0 Å². The van der Waals surface area contributed by atoms with E-state index in [0.717, 1.165) is 18.2 Å². The Labute approximate surface area is 122 Å². The van der Waals surface area contributed by atoms with Crippen molar-refractivity contribution in [2.75, 3.05) is 0 Å². The number of halogens is 6. The Bertz CT molecular complexity index is 525. The SMILES string of the molecule is C=Cc1cc(C(C)(O)C(F)(F)F)cc(C(C)(O)C(F)(F)F)c1. The van der Waals surface area contributed by atoms with Gasteiger partial charge in [0, 0.05) is 0 Å². The van der Waals surface area contributed by atoms with Crippen LogP contribution in [-0.2, 0) is 11.2 Å². The molecule has 0 aromatic heterocycles. The molecule has 2 atom stereocenters. The largest absolute Gasteiger partial charge is 0.421 e. The van der Waals surface area contributed by atoms with Crippen LogP contribution in [0.2, 0.25) is 0 Å². The first-order valence-corrected chi connectivity index (χ1v) is 6.01. The van der Waals surface area contributed by atoms with Crippen LogP contribution in [0.25, 0.3) is 6.08 Å². The molecule has 0 amide bonds. The van der Waals surface area contributed by atoms with Gasteiger partial charge in [0.2, 0.25) is 0 Å². The smallest absolute Gasteiger partial charge is 0.376 e. The minimum atomic E-state index is -5.10. The van der Waals surface area contributed by atoms with Gasteiger partial charge in [-0.2, -0.15) is 26.3 Å². The maximum atomic E-state index is 12.9. The third-order valence-electron chi connectivity index (χ3n) is 3.42. The fourth-order valence-corrected chi connectivity index (χ4v) is 1.66. The second kappa shape index (κ2) is 5.27. The van der Waals surface area contributed by atoms with Crippen LogP contribution in [-0.4, -0.2) is 22.6 Å². The van der Waals surface area contributed by atoms with Crippen LogP contribution in [0.1, 0.15) is 30.5 Å². The number of alkyl halides is 6. The Morgan fingerprint density at radius 3 is 1.36 bits per heavy atom. The van der Waals surface area contributed by atoms with Crippen LogP contribution in [0, 0.1) is 0 Å². The average Bonchev–Trinajstić information content (AvgIpc) is 2.35. The van der Waals surface area contributed by atoms with Gasteiger partial charge in [0.1, 0.15) is 0 Å². The monoisotopic (exact) mass is 328 g/mol. The highest BCUT2D eigenvalue weighted by molar-refractivity contribution is 5.52. The van der Waals surface area contributed by atoms with E-state index in [2.05, 4.69) is 6.58 Å². The maximum Gasteiger partial charge on any atom is 0.421 e. The van der Waals surface area contributed by atoms with E-state index in [1.807, 2.05) is 0 Å². The Morgan fingerprint density at radius 1 is 0.818 bits per heavy atom. The van der Waals surface area contributed by atoms with E-state index in [1.54, 1.807) is 0 Å². The summed E-state index contributed by atoms with van der Waals surface area (Å²) in [5, 5.41) is 19.2. The van der Waals surface area contributed by atoms with E-state index >= 15 is 0 Å². The molecule has 0 aliphatic heterocycles. The Balaban J connectivity index is 3.60. The zero-order chi connectivity index (χ0) is 17.6. The zero-order valence-electron chi connectivity index (χ0n) is 11.7. The van der Waals surface area contributed by atoms with Crippen LogP contribution in [0.4, 0.5) is 26.3 Å². The molecule has 0 radical (unpaired) electrons. The summed E-state index contributed by atoms with van der Waals surface area (Å²) in [5.74, 6) is 0. The Hall–Kier alpha value is -1.54. The number of hydrogen-bond donors (Lipinski definition) is 2. The summed E-state index contributed by atoms with van der Waals surface area (Å²) in [4.78, 5) is 0. The quantitative estimate of drug-likeness (QED) is 0.827. The van der Waals surface area contributed by atoms with Gasteiger partial charge in [-0.3, -0.25) is 0 Å². The third kappa shape index (κ3) is 3.12. The summed E-state index contributed by atoms with van der Waals surface area (Å²) in [5.41, 5.74) is -8.49. The molecule has 124 valence electrons. The van der Waals surface area contributed by atoms with Crippen molar-refractivity contribution in [3.63, 3.8) is 0 Å². The lowest BCUT2D eigenvalue weighted by atomic mass is 9.86. The van der Waals surface area contributed by atoms with E-state index < -0.39 is 34.7 Å². The van der Waals surface area contributed by atoms with Crippen LogP contribution >= 0.6 is 0 Å². The summed E-state index contributed by atoms with van der Waals surface area (Å²) in [7, 11) is 0. The van der Waals surface area contributed by atoms with E-state index in [0.29, 0.717) is 19.9 Å². The minimum Gasteiger partial charge on any atom is -0.376 e. The van der Waals surface area contributed by atoms with Gasteiger partial charge >= 0.3 is 12.4 Å². The molecular formula is C14H14F6O2. The van der Waals surface area contributed by atoms with Crippen LogP contribution in [0.5, 0.6) is 0 Å². The molecule has 1 aromatic rings. The molecule has 0 bridgehead atoms. The molecule has 0 aliphatic rings. The van der Waals surface area contributed by atoms with Crippen molar-refractivity contribution in [2.24, 2.45) is 0 Å². The maximum absolute atomic E-state index is 12.9. The zero-order valence-corrected chi connectivity index (χ0v) is 11.7. The van der Waals surface area contributed by atoms with Gasteiger partial charge in [-0.25, -0.2) is 0 Å². The van der Waals surface area contributed by atoms with Gasteiger partial charge in [0.25, 0.3) is 0 Å². The standard InChI is InChI=1S/C14H14F6O2/c1-4-8-5-9(11(2,21)13(15,16)17)7-10(6-8)12(3,22)14(18,19)20/h4-7,21-22H,1H2,2-3H3. The van der Waals surface area contributed by atoms with E-state index in [4.69, 9.17) is 0 Å². The van der Waals surface area contributed by atoms with Gasteiger partial charge in [-0.15, -0.1) is 0 Å². The molecule has 1 aromatic carbocycles. The Morgan fingerprint density at radius 2 is 1.14 bits per heavy atom. The van der Waals surface area contributed by atoms with Gasteiger partial charge in [-0.05, 0) is 48.7 Å². The van der Waals surface area contributed by atoms with Crippen molar-refractivity contribution in [1.82, 2.24) is 0 Å². The fourth-order valence-electron chi connectivity index (χ4n) is 1.66. The third-order valence-corrected chi connectivity index (χ3v) is 3.42. The summed E-state index contributed by atoms with van der Waals surface area (Å²) in [6, 6.07) is 2.20. The van der Waals surface area contributed by atoms with E-state index in [-0.39, 0.29) is 5.56 Å². The molecule has 2 nitrogen and oxygen atoms in total. The first-order chi connectivity index (χ1) is 9.64. The fraction of sp³-hybridized carbons (Fsp3) is 0.429. The van der Waals surface area contributed by atoms with E-state index in [1.165, 1.54) is 0 Å². The van der Waals surface area contributed by atoms with Gasteiger partial charge in [-0.1, -0.05) is 12.7 Å². The van der Waals surface area contributed by atoms with Gasteiger partial charge in [0.15, 0.2) is 11.2 Å². The Kier molecular flexibility index (Phi) is 4.44. The lowest BCUT2D eigenvalue weighted by molar-refractivity contribution is -0.261. The lowest BCUT2D eigenvalue weighted by Gasteiger charge is -2.31. The molecule has 0 heterocycles. The molecule has 0 aliphatic carbocycles. The molecule has 0 fully saturated rings. The summed E-state index contributed by atoms with van der Waals surface area (Å²) < 4.78 is 77.1. The molecule has 0 saturated carbocycles. The topological polar surface area (TPSA) is 40.5 Å². The van der Waals surface area contributed by atoms with Crippen molar-refractivity contribution >= 4 is 6.08 Å². The summed E-state index contributed by atoms with van der Waals surface area (Å²) >= 11 is 0. The van der Waals surface area contributed by atoms with Gasteiger partial charge < -0.3 is 10.2 Å². The number of benzene rings is 1. The highest BCUT2D eigenvalue weighted by atomic mass is 19.4. The lowest BCUT2D eigenvalue weighted by Crippen LogP contribution is -2.41. The molecule has 2 N–H and O–H groups in total. The predicted octanol–water partition coefficient (Wildman–Crippen LogP) is 3.87. The first kappa shape index (κ1) is 18.5. The van der Waals surface area contributed by atoms with E-state index in [9.17, 15) is 36.6 Å². The van der Waals surface area contributed by atoms with Crippen molar-refractivity contribution in [1.29, 1.82) is 0 Å². The molecular weight excluding hydrogens is 314 g/mol.